The number of methoxy groups -OCH3 is 1. The minimum absolute atomic E-state index is 0.00979. The molecule has 0 saturated carbocycles. The SMILES string of the molecule is COc1cc(CNC(COCC(C)C)c2ccco2)c2c(c1)CC(C)O2. The van der Waals surface area contributed by atoms with Crippen LogP contribution in [0.3, 0.4) is 0 Å². The maximum Gasteiger partial charge on any atom is 0.127 e. The van der Waals surface area contributed by atoms with Gasteiger partial charge in [0.05, 0.1) is 26.0 Å². The van der Waals surface area contributed by atoms with E-state index in [0.29, 0.717) is 19.1 Å². The summed E-state index contributed by atoms with van der Waals surface area (Å²) in [4.78, 5) is 0. The first-order chi connectivity index (χ1) is 12.6. The highest BCUT2D eigenvalue weighted by atomic mass is 16.5. The fourth-order valence-electron chi connectivity index (χ4n) is 3.21. The second kappa shape index (κ2) is 8.60. The van der Waals surface area contributed by atoms with Crippen LogP contribution in [0.1, 0.15) is 43.7 Å². The van der Waals surface area contributed by atoms with Gasteiger partial charge in [-0.2, -0.15) is 0 Å². The van der Waals surface area contributed by atoms with Gasteiger partial charge in [0.2, 0.25) is 0 Å². The van der Waals surface area contributed by atoms with Crippen molar-refractivity contribution in [1.82, 2.24) is 5.32 Å². The molecule has 0 fully saturated rings. The van der Waals surface area contributed by atoms with Gasteiger partial charge in [-0.1, -0.05) is 13.8 Å². The van der Waals surface area contributed by atoms with Gasteiger partial charge in [-0.3, -0.25) is 0 Å². The van der Waals surface area contributed by atoms with Crippen LogP contribution in [0.25, 0.3) is 0 Å². The highest BCUT2D eigenvalue weighted by molar-refractivity contribution is 5.49. The standard InChI is InChI=1S/C21H29NO4/c1-14(2)12-24-13-19(20-6-5-7-25-20)22-11-17-10-18(23-4)9-16-8-15(3)26-21(16)17/h5-7,9-10,14-15,19,22H,8,11-13H2,1-4H3. The Kier molecular flexibility index (Phi) is 6.22. The normalized spacial score (nSPS) is 17.2. The molecule has 5 nitrogen and oxygen atoms in total. The third-order valence-corrected chi connectivity index (χ3v) is 4.44. The third-order valence-electron chi connectivity index (χ3n) is 4.44. The molecule has 1 aliphatic rings. The zero-order valence-corrected chi connectivity index (χ0v) is 16.1. The molecule has 0 saturated heterocycles. The maximum absolute atomic E-state index is 6.02. The molecule has 0 spiro atoms. The number of nitrogens with one attached hydrogen (secondary N) is 1. The number of fused-ring (bicyclic) bond motifs is 1. The quantitative estimate of drug-likeness (QED) is 0.730. The van der Waals surface area contributed by atoms with Gasteiger partial charge in [0.1, 0.15) is 23.4 Å². The molecule has 0 bridgehead atoms. The lowest BCUT2D eigenvalue weighted by Crippen LogP contribution is -2.26. The summed E-state index contributed by atoms with van der Waals surface area (Å²) in [5.41, 5.74) is 2.31. The summed E-state index contributed by atoms with van der Waals surface area (Å²) in [5.74, 6) is 3.22. The van der Waals surface area contributed by atoms with Crippen molar-refractivity contribution < 1.29 is 18.6 Å². The topological polar surface area (TPSA) is 52.9 Å². The largest absolute Gasteiger partial charge is 0.497 e. The molecule has 1 aliphatic heterocycles. The average Bonchev–Trinajstić information content (AvgIpc) is 3.25. The van der Waals surface area contributed by atoms with Gasteiger partial charge in [-0.15, -0.1) is 0 Å². The van der Waals surface area contributed by atoms with Gasteiger partial charge >= 0.3 is 0 Å². The lowest BCUT2D eigenvalue weighted by Gasteiger charge is -2.19. The number of hydrogen-bond acceptors (Lipinski definition) is 5. The predicted molar refractivity (Wildman–Crippen MR) is 101 cm³/mol. The Hall–Kier alpha value is -1.98. The maximum atomic E-state index is 6.02. The Morgan fingerprint density at radius 2 is 2.12 bits per heavy atom. The fourth-order valence-corrected chi connectivity index (χ4v) is 3.21. The lowest BCUT2D eigenvalue weighted by molar-refractivity contribution is 0.0843. The first kappa shape index (κ1) is 18.8. The summed E-state index contributed by atoms with van der Waals surface area (Å²) in [6.45, 7) is 8.34. The molecule has 2 heterocycles. The van der Waals surface area contributed by atoms with Gasteiger partial charge in [0, 0.05) is 30.7 Å². The fraction of sp³-hybridized carbons (Fsp3) is 0.524. The second-order valence-electron chi connectivity index (χ2n) is 7.29. The zero-order valence-electron chi connectivity index (χ0n) is 16.1. The smallest absolute Gasteiger partial charge is 0.127 e. The molecular weight excluding hydrogens is 330 g/mol. The molecule has 1 N–H and O–H groups in total. The van der Waals surface area contributed by atoms with Crippen LogP contribution in [0.2, 0.25) is 0 Å². The third kappa shape index (κ3) is 4.59. The minimum atomic E-state index is -0.00979. The van der Waals surface area contributed by atoms with Crippen LogP contribution in [-0.2, 0) is 17.7 Å². The Morgan fingerprint density at radius 1 is 1.27 bits per heavy atom. The summed E-state index contributed by atoms with van der Waals surface area (Å²) < 4.78 is 22.9. The van der Waals surface area contributed by atoms with E-state index in [4.69, 9.17) is 18.6 Å². The van der Waals surface area contributed by atoms with Gasteiger partial charge in [0.25, 0.3) is 0 Å². The Morgan fingerprint density at radius 3 is 2.81 bits per heavy atom. The summed E-state index contributed by atoms with van der Waals surface area (Å²) in [6, 6.07) is 7.98. The zero-order chi connectivity index (χ0) is 18.5. The molecular formula is C21H29NO4. The van der Waals surface area contributed by atoms with Crippen molar-refractivity contribution in [3.05, 3.63) is 47.4 Å². The van der Waals surface area contributed by atoms with E-state index < -0.39 is 0 Å². The van der Waals surface area contributed by atoms with Crippen molar-refractivity contribution in [2.24, 2.45) is 5.92 Å². The van der Waals surface area contributed by atoms with Crippen molar-refractivity contribution in [2.75, 3.05) is 20.3 Å². The molecule has 2 unspecified atom stereocenters. The Bertz CT molecular complexity index is 696. The number of ether oxygens (including phenoxy) is 3. The van der Waals surface area contributed by atoms with Gasteiger partial charge in [-0.25, -0.2) is 0 Å². The minimum Gasteiger partial charge on any atom is -0.497 e. The van der Waals surface area contributed by atoms with E-state index in [1.54, 1.807) is 13.4 Å². The Labute approximate surface area is 155 Å². The molecule has 2 atom stereocenters. The number of furan rings is 1. The average molecular weight is 359 g/mol. The van der Waals surface area contributed by atoms with E-state index in [0.717, 1.165) is 35.9 Å². The van der Waals surface area contributed by atoms with Crippen molar-refractivity contribution in [3.8, 4) is 11.5 Å². The first-order valence-electron chi connectivity index (χ1n) is 9.27. The van der Waals surface area contributed by atoms with Gasteiger partial charge in [-0.05, 0) is 37.1 Å². The van der Waals surface area contributed by atoms with E-state index in [9.17, 15) is 0 Å². The van der Waals surface area contributed by atoms with Gasteiger partial charge < -0.3 is 23.9 Å². The molecule has 26 heavy (non-hydrogen) atoms. The highest BCUT2D eigenvalue weighted by Crippen LogP contribution is 2.36. The van der Waals surface area contributed by atoms with Crippen molar-refractivity contribution in [2.45, 2.75) is 45.9 Å². The Balaban J connectivity index is 1.72. The number of benzene rings is 1. The number of hydrogen-bond donors (Lipinski definition) is 1. The molecule has 0 aliphatic carbocycles. The van der Waals surface area contributed by atoms with E-state index in [-0.39, 0.29) is 12.1 Å². The molecule has 2 aromatic rings. The molecule has 1 aromatic heterocycles. The van der Waals surface area contributed by atoms with E-state index in [1.807, 2.05) is 18.2 Å². The number of rotatable bonds is 9. The van der Waals surface area contributed by atoms with Crippen molar-refractivity contribution in [1.29, 1.82) is 0 Å². The summed E-state index contributed by atoms with van der Waals surface area (Å²) in [5, 5.41) is 3.55. The van der Waals surface area contributed by atoms with E-state index >= 15 is 0 Å². The second-order valence-corrected chi connectivity index (χ2v) is 7.29. The van der Waals surface area contributed by atoms with Crippen LogP contribution in [0, 0.1) is 5.92 Å². The van der Waals surface area contributed by atoms with Crippen molar-refractivity contribution >= 4 is 0 Å². The van der Waals surface area contributed by atoms with E-state index in [2.05, 4.69) is 32.2 Å². The molecule has 0 amide bonds. The highest BCUT2D eigenvalue weighted by Gasteiger charge is 2.24. The first-order valence-corrected chi connectivity index (χ1v) is 9.27. The molecule has 5 heteroatoms. The van der Waals surface area contributed by atoms with Crippen molar-refractivity contribution in [3.63, 3.8) is 0 Å². The van der Waals surface area contributed by atoms with Crippen LogP contribution in [-0.4, -0.2) is 26.4 Å². The molecule has 1 aromatic carbocycles. The van der Waals surface area contributed by atoms with Crippen LogP contribution in [0.5, 0.6) is 11.5 Å². The van der Waals surface area contributed by atoms with Crippen LogP contribution < -0.4 is 14.8 Å². The summed E-state index contributed by atoms with van der Waals surface area (Å²) in [6.07, 6.45) is 2.81. The monoisotopic (exact) mass is 359 g/mol. The van der Waals surface area contributed by atoms with Crippen LogP contribution in [0.15, 0.2) is 34.9 Å². The predicted octanol–water partition coefficient (Wildman–Crippen LogP) is 4.12. The summed E-state index contributed by atoms with van der Waals surface area (Å²) >= 11 is 0. The van der Waals surface area contributed by atoms with Gasteiger partial charge in [0.15, 0.2) is 0 Å². The summed E-state index contributed by atoms with van der Waals surface area (Å²) in [7, 11) is 1.70. The van der Waals surface area contributed by atoms with Crippen LogP contribution >= 0.6 is 0 Å². The van der Waals surface area contributed by atoms with E-state index in [1.165, 1.54) is 5.56 Å². The molecule has 3 rings (SSSR count). The molecule has 142 valence electrons. The van der Waals surface area contributed by atoms with Crippen LogP contribution in [0.4, 0.5) is 0 Å². The molecule has 0 radical (unpaired) electrons. The lowest BCUT2D eigenvalue weighted by atomic mass is 10.1.